The number of rotatable bonds is 2. The number of aliphatic hydroxyl groups is 2. The number of nitrogen functional groups attached to an aromatic ring is 1. The summed E-state index contributed by atoms with van der Waals surface area (Å²) in [7, 11) is 0. The highest BCUT2D eigenvalue weighted by molar-refractivity contribution is 5.90. The maximum Gasteiger partial charge on any atom is 0.215 e. The summed E-state index contributed by atoms with van der Waals surface area (Å²) < 4.78 is 6.56. The van der Waals surface area contributed by atoms with Crippen molar-refractivity contribution in [3.63, 3.8) is 0 Å². The van der Waals surface area contributed by atoms with Crippen LogP contribution in [0.3, 0.4) is 0 Å². The fourth-order valence-electron chi connectivity index (χ4n) is 1.57. The molecule has 2 heterocycles. The van der Waals surface area contributed by atoms with E-state index < -0.39 is 24.5 Å². The molecule has 16 heavy (non-hydrogen) atoms. The highest BCUT2D eigenvalue weighted by Gasteiger charge is 2.41. The molecule has 2 rings (SSSR count). The molecule has 4 atom stereocenters. The molecule has 1 unspecified atom stereocenters. The molecule has 1 aromatic rings. The minimum atomic E-state index is -1.07. The van der Waals surface area contributed by atoms with Gasteiger partial charge in [-0.2, -0.15) is 0 Å². The molecule has 0 saturated carbocycles. The van der Waals surface area contributed by atoms with Crippen molar-refractivity contribution in [1.82, 2.24) is 14.8 Å². The van der Waals surface area contributed by atoms with Crippen LogP contribution in [-0.4, -0.2) is 49.1 Å². The van der Waals surface area contributed by atoms with Gasteiger partial charge in [-0.3, -0.25) is 5.41 Å². The Morgan fingerprint density at radius 1 is 1.56 bits per heavy atom. The Labute approximate surface area is 91.2 Å². The van der Waals surface area contributed by atoms with Crippen molar-refractivity contribution in [3.05, 3.63) is 12.2 Å². The van der Waals surface area contributed by atoms with Crippen molar-refractivity contribution in [2.45, 2.75) is 31.5 Å². The van der Waals surface area contributed by atoms with Crippen molar-refractivity contribution in [1.29, 1.82) is 5.41 Å². The second-order valence-corrected chi connectivity index (χ2v) is 3.67. The van der Waals surface area contributed by atoms with Crippen LogP contribution in [0.5, 0.6) is 0 Å². The monoisotopic (exact) mass is 227 g/mol. The Hall–Kier alpha value is -1.51. The predicted molar refractivity (Wildman–Crippen MR) is 52.6 cm³/mol. The molecular weight excluding hydrogens is 214 g/mol. The summed E-state index contributed by atoms with van der Waals surface area (Å²) in [5.74, 6) is -0.204. The van der Waals surface area contributed by atoms with Crippen molar-refractivity contribution < 1.29 is 14.9 Å². The van der Waals surface area contributed by atoms with E-state index in [1.165, 1.54) is 11.0 Å². The van der Waals surface area contributed by atoms with Crippen LogP contribution in [0, 0.1) is 5.41 Å². The zero-order valence-electron chi connectivity index (χ0n) is 8.61. The standard InChI is InChI=1S/C8H13N5O3/c1-3-4(14)5(15)8(16-3)13-2-11-7(12-13)6(9)10/h2-5,8,14-15H,1H3,(H3,9,10)/t3-,4?,5+,8-/m0/s1. The number of aliphatic hydroxyl groups excluding tert-OH is 2. The van der Waals surface area contributed by atoms with Gasteiger partial charge in [0.05, 0.1) is 6.10 Å². The quantitative estimate of drug-likeness (QED) is 0.348. The molecule has 88 valence electrons. The Kier molecular flexibility index (Phi) is 2.62. The third kappa shape index (κ3) is 1.66. The van der Waals surface area contributed by atoms with E-state index in [0.29, 0.717) is 0 Å². The molecule has 0 amide bonds. The lowest BCUT2D eigenvalue weighted by molar-refractivity contribution is -0.0399. The lowest BCUT2D eigenvalue weighted by Crippen LogP contribution is -2.30. The van der Waals surface area contributed by atoms with Gasteiger partial charge >= 0.3 is 0 Å². The number of hydrogen-bond acceptors (Lipinski definition) is 6. The van der Waals surface area contributed by atoms with E-state index in [1.807, 2.05) is 0 Å². The third-order valence-corrected chi connectivity index (χ3v) is 2.49. The van der Waals surface area contributed by atoms with Crippen LogP contribution < -0.4 is 5.73 Å². The van der Waals surface area contributed by atoms with Crippen LogP contribution in [0.2, 0.25) is 0 Å². The summed E-state index contributed by atoms with van der Waals surface area (Å²) in [4.78, 5) is 3.77. The maximum atomic E-state index is 9.68. The second-order valence-electron chi connectivity index (χ2n) is 3.67. The smallest absolute Gasteiger partial charge is 0.215 e. The fraction of sp³-hybridized carbons (Fsp3) is 0.625. The topological polar surface area (TPSA) is 130 Å². The Morgan fingerprint density at radius 3 is 2.69 bits per heavy atom. The van der Waals surface area contributed by atoms with Crippen LogP contribution in [0.4, 0.5) is 0 Å². The Balaban J connectivity index is 2.21. The Bertz CT molecular complexity index is 406. The molecule has 0 spiro atoms. The molecule has 8 nitrogen and oxygen atoms in total. The molecule has 0 bridgehead atoms. The SMILES string of the molecule is C[C@@H]1O[C@H](n2cnc(C(=N)N)n2)[C@H](O)C1O. The molecule has 1 aliphatic heterocycles. The summed E-state index contributed by atoms with van der Waals surface area (Å²) in [5, 5.41) is 30.2. The predicted octanol–water partition coefficient (Wildman–Crippen LogP) is -1.80. The summed E-state index contributed by atoms with van der Waals surface area (Å²) >= 11 is 0. The van der Waals surface area contributed by atoms with Gasteiger partial charge in [-0.1, -0.05) is 0 Å². The molecular formula is C8H13N5O3. The van der Waals surface area contributed by atoms with Gasteiger partial charge in [0.1, 0.15) is 18.5 Å². The van der Waals surface area contributed by atoms with E-state index in [-0.39, 0.29) is 11.7 Å². The number of hydrogen-bond donors (Lipinski definition) is 4. The van der Waals surface area contributed by atoms with E-state index in [2.05, 4.69) is 10.1 Å². The van der Waals surface area contributed by atoms with E-state index in [9.17, 15) is 10.2 Å². The van der Waals surface area contributed by atoms with Gasteiger partial charge in [0.15, 0.2) is 12.1 Å². The molecule has 8 heteroatoms. The van der Waals surface area contributed by atoms with Crippen molar-refractivity contribution in [3.8, 4) is 0 Å². The zero-order chi connectivity index (χ0) is 11.9. The molecule has 1 saturated heterocycles. The van der Waals surface area contributed by atoms with E-state index >= 15 is 0 Å². The largest absolute Gasteiger partial charge is 0.388 e. The Morgan fingerprint density at radius 2 is 2.25 bits per heavy atom. The number of nitrogens with two attached hydrogens (primary N) is 1. The summed E-state index contributed by atoms with van der Waals surface area (Å²) in [6.45, 7) is 1.65. The second kappa shape index (κ2) is 3.81. The first kappa shape index (κ1) is 11.0. The van der Waals surface area contributed by atoms with Crippen LogP contribution in [0.15, 0.2) is 6.33 Å². The first-order chi connectivity index (χ1) is 7.50. The fourth-order valence-corrected chi connectivity index (χ4v) is 1.57. The molecule has 1 aliphatic rings. The van der Waals surface area contributed by atoms with Crippen LogP contribution in [-0.2, 0) is 4.74 Å². The highest BCUT2D eigenvalue weighted by atomic mass is 16.6. The average Bonchev–Trinajstić information content (AvgIpc) is 2.79. The lowest BCUT2D eigenvalue weighted by Gasteiger charge is -2.13. The summed E-state index contributed by atoms with van der Waals surface area (Å²) in [6, 6.07) is 0. The van der Waals surface area contributed by atoms with Crippen molar-refractivity contribution in [2.24, 2.45) is 5.73 Å². The molecule has 1 fully saturated rings. The van der Waals surface area contributed by atoms with Gasteiger partial charge < -0.3 is 20.7 Å². The first-order valence-electron chi connectivity index (χ1n) is 4.78. The summed E-state index contributed by atoms with van der Waals surface area (Å²) in [5.41, 5.74) is 5.21. The number of nitrogens with zero attached hydrogens (tertiary/aromatic N) is 3. The molecule has 0 aliphatic carbocycles. The number of aromatic nitrogens is 3. The van der Waals surface area contributed by atoms with Crippen LogP contribution >= 0.6 is 0 Å². The third-order valence-electron chi connectivity index (χ3n) is 2.49. The van der Waals surface area contributed by atoms with E-state index in [0.717, 1.165) is 0 Å². The van der Waals surface area contributed by atoms with Crippen LogP contribution in [0.1, 0.15) is 19.0 Å². The van der Waals surface area contributed by atoms with Gasteiger partial charge in [-0.25, -0.2) is 9.67 Å². The van der Waals surface area contributed by atoms with Gasteiger partial charge in [-0.05, 0) is 6.92 Å². The number of nitrogens with one attached hydrogen (secondary N) is 1. The highest BCUT2D eigenvalue weighted by Crippen LogP contribution is 2.28. The molecule has 0 radical (unpaired) electrons. The van der Waals surface area contributed by atoms with Gasteiger partial charge in [0, 0.05) is 0 Å². The van der Waals surface area contributed by atoms with Crippen molar-refractivity contribution >= 4 is 5.84 Å². The number of amidine groups is 1. The number of ether oxygens (including phenoxy) is 1. The minimum absolute atomic E-state index is 0.0600. The molecule has 0 aromatic carbocycles. The lowest BCUT2D eigenvalue weighted by atomic mass is 10.1. The van der Waals surface area contributed by atoms with Gasteiger partial charge in [-0.15, -0.1) is 5.10 Å². The van der Waals surface area contributed by atoms with E-state index in [1.54, 1.807) is 6.92 Å². The van der Waals surface area contributed by atoms with Gasteiger partial charge in [0.25, 0.3) is 0 Å². The maximum absolute atomic E-state index is 9.68. The average molecular weight is 227 g/mol. The van der Waals surface area contributed by atoms with Crippen molar-refractivity contribution in [2.75, 3.05) is 0 Å². The first-order valence-corrected chi connectivity index (χ1v) is 4.78. The van der Waals surface area contributed by atoms with E-state index in [4.69, 9.17) is 15.9 Å². The van der Waals surface area contributed by atoms with Crippen LogP contribution in [0.25, 0.3) is 0 Å². The molecule has 5 N–H and O–H groups in total. The normalized spacial score (nSPS) is 34.2. The minimum Gasteiger partial charge on any atom is -0.388 e. The summed E-state index contributed by atoms with van der Waals surface area (Å²) in [6.07, 6.45) is -2.02. The zero-order valence-corrected chi connectivity index (χ0v) is 8.61. The van der Waals surface area contributed by atoms with Gasteiger partial charge in [0.2, 0.25) is 5.82 Å². The molecule has 1 aromatic heterocycles.